The predicted molar refractivity (Wildman–Crippen MR) is 68.0 cm³/mol. The fourth-order valence-electron chi connectivity index (χ4n) is 1.58. The number of hydrogen-bond acceptors (Lipinski definition) is 3. The lowest BCUT2D eigenvalue weighted by Crippen LogP contribution is -2.13. The SMILES string of the molecule is Cc1ccnc(NC(=O)c2cc(F)cc(C#N)c2)c1. The van der Waals surface area contributed by atoms with E-state index in [0.717, 1.165) is 17.7 Å². The lowest BCUT2D eigenvalue weighted by Gasteiger charge is -2.05. The predicted octanol–water partition coefficient (Wildman–Crippen LogP) is 2.65. The molecule has 0 bridgehead atoms. The summed E-state index contributed by atoms with van der Waals surface area (Å²) < 4.78 is 13.2. The number of nitriles is 1. The number of nitrogens with one attached hydrogen (secondary N) is 1. The molecule has 0 aliphatic heterocycles. The Balaban J connectivity index is 2.25. The van der Waals surface area contributed by atoms with Crippen LogP contribution in [-0.4, -0.2) is 10.9 Å². The van der Waals surface area contributed by atoms with E-state index in [1.54, 1.807) is 24.4 Å². The summed E-state index contributed by atoms with van der Waals surface area (Å²) in [6, 6.07) is 8.77. The molecule has 0 unspecified atom stereocenters. The Morgan fingerprint density at radius 3 is 2.84 bits per heavy atom. The normalized spacial score (nSPS) is 9.74. The average Bonchev–Trinajstić information content (AvgIpc) is 2.38. The van der Waals surface area contributed by atoms with Crippen molar-refractivity contribution in [3.8, 4) is 6.07 Å². The Kier molecular flexibility index (Phi) is 3.53. The van der Waals surface area contributed by atoms with E-state index < -0.39 is 11.7 Å². The monoisotopic (exact) mass is 255 g/mol. The molecular formula is C14H10FN3O. The minimum Gasteiger partial charge on any atom is -0.307 e. The number of amides is 1. The first-order chi connectivity index (χ1) is 9.08. The highest BCUT2D eigenvalue weighted by Gasteiger charge is 2.10. The van der Waals surface area contributed by atoms with E-state index in [4.69, 9.17) is 5.26 Å². The molecule has 4 nitrogen and oxygen atoms in total. The number of aryl methyl sites for hydroxylation is 1. The number of pyridine rings is 1. The lowest BCUT2D eigenvalue weighted by atomic mass is 10.1. The summed E-state index contributed by atoms with van der Waals surface area (Å²) in [4.78, 5) is 15.9. The summed E-state index contributed by atoms with van der Waals surface area (Å²) in [6.07, 6.45) is 1.57. The Hall–Kier alpha value is -2.74. The highest BCUT2D eigenvalue weighted by Crippen LogP contribution is 2.12. The molecule has 2 aromatic rings. The number of carbonyl (C=O) groups excluding carboxylic acids is 1. The van der Waals surface area contributed by atoms with Crippen molar-refractivity contribution in [3.05, 3.63) is 59.0 Å². The topological polar surface area (TPSA) is 65.8 Å². The van der Waals surface area contributed by atoms with Gasteiger partial charge in [0.2, 0.25) is 0 Å². The number of nitrogens with zero attached hydrogens (tertiary/aromatic N) is 2. The van der Waals surface area contributed by atoms with E-state index >= 15 is 0 Å². The average molecular weight is 255 g/mol. The number of rotatable bonds is 2. The van der Waals surface area contributed by atoms with Crippen molar-refractivity contribution in [2.45, 2.75) is 6.92 Å². The second-order valence-corrected chi connectivity index (χ2v) is 4.01. The molecule has 1 N–H and O–H groups in total. The molecule has 0 aliphatic carbocycles. The van der Waals surface area contributed by atoms with Gasteiger partial charge in [-0.05, 0) is 42.8 Å². The van der Waals surface area contributed by atoms with Gasteiger partial charge in [0.1, 0.15) is 11.6 Å². The molecule has 94 valence electrons. The van der Waals surface area contributed by atoms with Gasteiger partial charge >= 0.3 is 0 Å². The van der Waals surface area contributed by atoms with Crippen LogP contribution in [-0.2, 0) is 0 Å². The van der Waals surface area contributed by atoms with Gasteiger partial charge in [-0.15, -0.1) is 0 Å². The number of hydrogen-bond donors (Lipinski definition) is 1. The molecule has 1 aromatic carbocycles. The van der Waals surface area contributed by atoms with Crippen LogP contribution in [0.3, 0.4) is 0 Å². The molecule has 1 heterocycles. The number of anilines is 1. The van der Waals surface area contributed by atoms with E-state index in [0.29, 0.717) is 5.82 Å². The third kappa shape index (κ3) is 3.13. The van der Waals surface area contributed by atoms with Crippen LogP contribution in [0.25, 0.3) is 0 Å². The second kappa shape index (κ2) is 5.27. The maximum Gasteiger partial charge on any atom is 0.256 e. The zero-order chi connectivity index (χ0) is 13.8. The minimum atomic E-state index is -0.624. The third-order valence-corrected chi connectivity index (χ3v) is 2.45. The van der Waals surface area contributed by atoms with Gasteiger partial charge in [-0.25, -0.2) is 9.37 Å². The number of aromatic nitrogens is 1. The largest absolute Gasteiger partial charge is 0.307 e. The summed E-state index contributed by atoms with van der Waals surface area (Å²) in [5.74, 6) is -0.747. The van der Waals surface area contributed by atoms with Gasteiger partial charge in [-0.2, -0.15) is 5.26 Å². The van der Waals surface area contributed by atoms with Gasteiger partial charge in [0, 0.05) is 11.8 Å². The maximum absolute atomic E-state index is 13.2. The Bertz CT molecular complexity index is 677. The van der Waals surface area contributed by atoms with E-state index in [9.17, 15) is 9.18 Å². The smallest absolute Gasteiger partial charge is 0.256 e. The summed E-state index contributed by atoms with van der Waals surface area (Å²) in [6.45, 7) is 1.87. The first-order valence-corrected chi connectivity index (χ1v) is 5.53. The molecular weight excluding hydrogens is 245 g/mol. The van der Waals surface area contributed by atoms with E-state index in [2.05, 4.69) is 10.3 Å². The summed E-state index contributed by atoms with van der Waals surface area (Å²) in [5.41, 5.74) is 1.13. The van der Waals surface area contributed by atoms with Crippen LogP contribution in [0.5, 0.6) is 0 Å². The van der Waals surface area contributed by atoms with Gasteiger partial charge < -0.3 is 5.32 Å². The van der Waals surface area contributed by atoms with Crippen LogP contribution >= 0.6 is 0 Å². The van der Waals surface area contributed by atoms with E-state index in [-0.39, 0.29) is 11.1 Å². The van der Waals surface area contributed by atoms with Crippen molar-refractivity contribution < 1.29 is 9.18 Å². The molecule has 0 saturated heterocycles. The standard InChI is InChI=1S/C14H10FN3O/c1-9-2-3-17-13(4-9)18-14(19)11-5-10(8-16)6-12(15)7-11/h2-7H,1H3,(H,17,18,19). The number of benzene rings is 1. The van der Waals surface area contributed by atoms with Crippen molar-refractivity contribution in [3.63, 3.8) is 0 Å². The van der Waals surface area contributed by atoms with Crippen LogP contribution in [0.4, 0.5) is 10.2 Å². The molecule has 1 amide bonds. The first kappa shape index (κ1) is 12.7. The van der Waals surface area contributed by atoms with Gasteiger partial charge in [-0.3, -0.25) is 4.79 Å². The Morgan fingerprint density at radius 2 is 2.16 bits per heavy atom. The quantitative estimate of drug-likeness (QED) is 0.897. The molecule has 0 saturated carbocycles. The van der Waals surface area contributed by atoms with E-state index in [1.807, 2.05) is 6.92 Å². The molecule has 0 spiro atoms. The first-order valence-electron chi connectivity index (χ1n) is 5.53. The fraction of sp³-hybridized carbons (Fsp3) is 0.0714. The van der Waals surface area contributed by atoms with Gasteiger partial charge in [0.25, 0.3) is 5.91 Å². The van der Waals surface area contributed by atoms with Crippen molar-refractivity contribution >= 4 is 11.7 Å². The number of carbonyl (C=O) groups is 1. The van der Waals surface area contributed by atoms with Crippen LogP contribution in [0.1, 0.15) is 21.5 Å². The fourth-order valence-corrected chi connectivity index (χ4v) is 1.58. The van der Waals surface area contributed by atoms with Crippen LogP contribution in [0.15, 0.2) is 36.5 Å². The highest BCUT2D eigenvalue weighted by atomic mass is 19.1. The molecule has 0 radical (unpaired) electrons. The molecule has 1 aromatic heterocycles. The lowest BCUT2D eigenvalue weighted by molar-refractivity contribution is 0.102. The molecule has 0 atom stereocenters. The summed E-state index contributed by atoms with van der Waals surface area (Å²) >= 11 is 0. The summed E-state index contributed by atoms with van der Waals surface area (Å²) in [7, 11) is 0. The minimum absolute atomic E-state index is 0.0832. The van der Waals surface area contributed by atoms with Gasteiger partial charge in [-0.1, -0.05) is 0 Å². The molecule has 19 heavy (non-hydrogen) atoms. The zero-order valence-corrected chi connectivity index (χ0v) is 10.1. The number of halogens is 1. The van der Waals surface area contributed by atoms with Gasteiger partial charge in [0.15, 0.2) is 0 Å². The highest BCUT2D eigenvalue weighted by molar-refractivity contribution is 6.04. The van der Waals surface area contributed by atoms with Crippen molar-refractivity contribution in [2.75, 3.05) is 5.32 Å². The van der Waals surface area contributed by atoms with Crippen molar-refractivity contribution in [1.29, 1.82) is 5.26 Å². The van der Waals surface area contributed by atoms with E-state index in [1.165, 1.54) is 6.07 Å². The molecule has 0 fully saturated rings. The van der Waals surface area contributed by atoms with Gasteiger partial charge in [0.05, 0.1) is 11.6 Å². The maximum atomic E-state index is 13.2. The van der Waals surface area contributed by atoms with Crippen LogP contribution < -0.4 is 5.32 Å². The second-order valence-electron chi connectivity index (χ2n) is 4.01. The van der Waals surface area contributed by atoms with Crippen LogP contribution in [0, 0.1) is 24.1 Å². The zero-order valence-electron chi connectivity index (χ0n) is 10.1. The summed E-state index contributed by atoms with van der Waals surface area (Å²) in [5, 5.41) is 11.3. The van der Waals surface area contributed by atoms with Crippen molar-refractivity contribution in [2.24, 2.45) is 0 Å². The van der Waals surface area contributed by atoms with Crippen molar-refractivity contribution in [1.82, 2.24) is 4.98 Å². The Morgan fingerprint density at radius 1 is 1.37 bits per heavy atom. The Labute approximate surface area is 109 Å². The molecule has 0 aliphatic rings. The molecule has 5 heteroatoms. The third-order valence-electron chi connectivity index (χ3n) is 2.45. The van der Waals surface area contributed by atoms with Crippen LogP contribution in [0.2, 0.25) is 0 Å². The molecule has 2 rings (SSSR count).